The summed E-state index contributed by atoms with van der Waals surface area (Å²) in [4.78, 5) is 19.0. The van der Waals surface area contributed by atoms with Crippen molar-refractivity contribution in [1.82, 2.24) is 10.3 Å². The first-order valence-electron chi connectivity index (χ1n) is 8.29. The number of benzene rings is 1. The van der Waals surface area contributed by atoms with Gasteiger partial charge in [0.1, 0.15) is 5.82 Å². The first-order chi connectivity index (χ1) is 12.4. The summed E-state index contributed by atoms with van der Waals surface area (Å²) >= 11 is 0. The van der Waals surface area contributed by atoms with E-state index in [0.29, 0.717) is 25.3 Å². The lowest BCUT2D eigenvalue weighted by atomic mass is 10.2. The Morgan fingerprint density at radius 2 is 1.85 bits per heavy atom. The second-order valence-electron chi connectivity index (χ2n) is 6.10. The molecule has 1 amide bonds. The van der Waals surface area contributed by atoms with Crippen LogP contribution in [0.1, 0.15) is 15.9 Å². The number of morpholine rings is 1. The molecule has 0 unspecified atom stereocenters. The van der Waals surface area contributed by atoms with Crippen LogP contribution in [0.5, 0.6) is 0 Å². The third-order valence-electron chi connectivity index (χ3n) is 4.14. The average molecular weight is 375 g/mol. The molecule has 0 saturated carbocycles. The van der Waals surface area contributed by atoms with Gasteiger partial charge in [-0.1, -0.05) is 6.07 Å². The van der Waals surface area contributed by atoms with Gasteiger partial charge in [-0.3, -0.25) is 4.79 Å². The molecule has 1 aromatic carbocycles. The fraction of sp³-hybridized carbons (Fsp3) is 0.333. The van der Waals surface area contributed by atoms with Crippen LogP contribution >= 0.6 is 0 Å². The Labute approximate surface area is 152 Å². The largest absolute Gasteiger partial charge is 0.378 e. The SMILES string of the molecule is CS(=O)(=O)c1ccc(C(=O)NCc2ccc(N3CCOCC3)nc2)cc1. The third kappa shape index (κ3) is 4.59. The summed E-state index contributed by atoms with van der Waals surface area (Å²) in [6.45, 7) is 3.41. The van der Waals surface area contributed by atoms with Crippen LogP contribution < -0.4 is 10.2 Å². The quantitative estimate of drug-likeness (QED) is 0.846. The van der Waals surface area contributed by atoms with Gasteiger partial charge in [-0.2, -0.15) is 0 Å². The molecule has 7 nitrogen and oxygen atoms in total. The summed E-state index contributed by atoms with van der Waals surface area (Å²) in [5.41, 5.74) is 1.30. The van der Waals surface area contributed by atoms with Gasteiger partial charge in [-0.25, -0.2) is 13.4 Å². The molecule has 8 heteroatoms. The number of hydrogen-bond donors (Lipinski definition) is 1. The smallest absolute Gasteiger partial charge is 0.251 e. The van der Waals surface area contributed by atoms with Crippen LogP contribution in [0.2, 0.25) is 0 Å². The summed E-state index contributed by atoms with van der Waals surface area (Å²) in [5, 5.41) is 2.81. The van der Waals surface area contributed by atoms with Gasteiger partial charge in [0.25, 0.3) is 5.91 Å². The van der Waals surface area contributed by atoms with Crippen LogP contribution in [0, 0.1) is 0 Å². The zero-order chi connectivity index (χ0) is 18.6. The van der Waals surface area contributed by atoms with E-state index in [1.807, 2.05) is 12.1 Å². The van der Waals surface area contributed by atoms with Gasteiger partial charge in [0, 0.05) is 37.7 Å². The highest BCUT2D eigenvalue weighted by molar-refractivity contribution is 7.90. The topological polar surface area (TPSA) is 88.6 Å². The van der Waals surface area contributed by atoms with Gasteiger partial charge in [0.15, 0.2) is 9.84 Å². The van der Waals surface area contributed by atoms with Crippen LogP contribution in [0.25, 0.3) is 0 Å². The van der Waals surface area contributed by atoms with Crippen LogP contribution in [-0.2, 0) is 21.1 Å². The number of nitrogens with zero attached hydrogens (tertiary/aromatic N) is 2. The van der Waals surface area contributed by atoms with Gasteiger partial charge in [-0.05, 0) is 35.9 Å². The maximum Gasteiger partial charge on any atom is 0.251 e. The number of sulfone groups is 1. The maximum atomic E-state index is 12.2. The molecule has 1 aliphatic heterocycles. The van der Waals surface area contributed by atoms with Crippen molar-refractivity contribution in [2.75, 3.05) is 37.5 Å². The first kappa shape index (κ1) is 18.3. The molecule has 2 heterocycles. The molecule has 0 aliphatic carbocycles. The van der Waals surface area contributed by atoms with Crippen molar-refractivity contribution in [1.29, 1.82) is 0 Å². The molecule has 26 heavy (non-hydrogen) atoms. The van der Waals surface area contributed by atoms with Gasteiger partial charge in [-0.15, -0.1) is 0 Å². The molecule has 1 saturated heterocycles. The van der Waals surface area contributed by atoms with Crippen LogP contribution in [0.15, 0.2) is 47.5 Å². The van der Waals surface area contributed by atoms with E-state index in [1.54, 1.807) is 6.20 Å². The lowest BCUT2D eigenvalue weighted by Gasteiger charge is -2.27. The summed E-state index contributed by atoms with van der Waals surface area (Å²) in [7, 11) is -3.27. The van der Waals surface area contributed by atoms with Crippen molar-refractivity contribution in [3.05, 3.63) is 53.7 Å². The number of rotatable bonds is 5. The van der Waals surface area contributed by atoms with Gasteiger partial charge in [0.05, 0.1) is 18.1 Å². The Balaban J connectivity index is 1.57. The number of carbonyl (C=O) groups is 1. The molecule has 138 valence electrons. The number of ether oxygens (including phenoxy) is 1. The maximum absolute atomic E-state index is 12.2. The summed E-state index contributed by atoms with van der Waals surface area (Å²) in [6, 6.07) is 9.75. The molecule has 1 N–H and O–H groups in total. The Morgan fingerprint density at radius 1 is 1.15 bits per heavy atom. The van der Waals surface area contributed by atoms with E-state index in [9.17, 15) is 13.2 Å². The number of hydrogen-bond acceptors (Lipinski definition) is 6. The van der Waals surface area contributed by atoms with E-state index >= 15 is 0 Å². The Bertz CT molecular complexity index is 858. The Morgan fingerprint density at radius 3 is 2.42 bits per heavy atom. The van der Waals surface area contributed by atoms with E-state index in [1.165, 1.54) is 24.3 Å². The number of carbonyl (C=O) groups excluding carboxylic acids is 1. The Kier molecular flexibility index (Phi) is 5.53. The molecule has 1 fully saturated rings. The molecule has 3 rings (SSSR count). The van der Waals surface area contributed by atoms with Crippen molar-refractivity contribution in [2.24, 2.45) is 0 Å². The normalized spacial score (nSPS) is 14.9. The minimum atomic E-state index is -3.27. The van der Waals surface area contributed by atoms with Gasteiger partial charge < -0.3 is 15.0 Å². The molecule has 0 bridgehead atoms. The second kappa shape index (κ2) is 7.84. The fourth-order valence-corrected chi connectivity index (χ4v) is 3.27. The molecular formula is C18H21N3O4S. The molecule has 0 atom stereocenters. The molecule has 0 spiro atoms. The third-order valence-corrected chi connectivity index (χ3v) is 5.27. The van der Waals surface area contributed by atoms with E-state index < -0.39 is 9.84 Å². The Hall–Kier alpha value is -2.45. The standard InChI is InChI=1S/C18H21N3O4S/c1-26(23,24)16-5-3-15(4-6-16)18(22)20-13-14-2-7-17(19-12-14)21-8-10-25-11-9-21/h2-7,12H,8-11,13H2,1H3,(H,20,22). The lowest BCUT2D eigenvalue weighted by Crippen LogP contribution is -2.36. The predicted molar refractivity (Wildman–Crippen MR) is 98.0 cm³/mol. The average Bonchev–Trinajstić information content (AvgIpc) is 2.66. The van der Waals surface area contributed by atoms with Gasteiger partial charge >= 0.3 is 0 Å². The minimum absolute atomic E-state index is 0.192. The van der Waals surface area contributed by atoms with Crippen molar-refractivity contribution < 1.29 is 17.9 Å². The number of amides is 1. The molecule has 0 radical (unpaired) electrons. The van der Waals surface area contributed by atoms with E-state index in [0.717, 1.165) is 30.7 Å². The second-order valence-corrected chi connectivity index (χ2v) is 8.12. The van der Waals surface area contributed by atoms with E-state index in [2.05, 4.69) is 15.2 Å². The summed E-state index contributed by atoms with van der Waals surface area (Å²) in [6.07, 6.45) is 2.88. The summed E-state index contributed by atoms with van der Waals surface area (Å²) in [5.74, 6) is 0.641. The van der Waals surface area contributed by atoms with E-state index in [4.69, 9.17) is 4.74 Å². The fourth-order valence-electron chi connectivity index (χ4n) is 2.64. The van der Waals surface area contributed by atoms with Crippen molar-refractivity contribution in [3.8, 4) is 0 Å². The molecule has 2 aromatic rings. The molecule has 1 aromatic heterocycles. The van der Waals surface area contributed by atoms with Gasteiger partial charge in [0.2, 0.25) is 0 Å². The zero-order valence-electron chi connectivity index (χ0n) is 14.5. The lowest BCUT2D eigenvalue weighted by molar-refractivity contribution is 0.0950. The summed E-state index contributed by atoms with van der Waals surface area (Å²) < 4.78 is 28.2. The predicted octanol–water partition coefficient (Wildman–Crippen LogP) is 1.25. The highest BCUT2D eigenvalue weighted by atomic mass is 32.2. The van der Waals surface area contributed by atoms with Crippen molar-refractivity contribution >= 4 is 21.6 Å². The molecule has 1 aliphatic rings. The number of anilines is 1. The minimum Gasteiger partial charge on any atom is -0.378 e. The molecular weight excluding hydrogens is 354 g/mol. The van der Waals surface area contributed by atoms with Crippen molar-refractivity contribution in [2.45, 2.75) is 11.4 Å². The number of pyridine rings is 1. The first-order valence-corrected chi connectivity index (χ1v) is 10.2. The zero-order valence-corrected chi connectivity index (χ0v) is 15.3. The number of aromatic nitrogens is 1. The monoisotopic (exact) mass is 375 g/mol. The van der Waals surface area contributed by atoms with Crippen LogP contribution in [0.3, 0.4) is 0 Å². The number of nitrogens with one attached hydrogen (secondary N) is 1. The van der Waals surface area contributed by atoms with Crippen LogP contribution in [0.4, 0.5) is 5.82 Å². The highest BCUT2D eigenvalue weighted by Gasteiger charge is 2.13. The van der Waals surface area contributed by atoms with E-state index in [-0.39, 0.29) is 10.8 Å². The van der Waals surface area contributed by atoms with Crippen LogP contribution in [-0.4, -0.2) is 51.9 Å². The highest BCUT2D eigenvalue weighted by Crippen LogP contribution is 2.13. The van der Waals surface area contributed by atoms with Crippen molar-refractivity contribution in [3.63, 3.8) is 0 Å².